The Hall–Kier alpha value is -0.0800. The van der Waals surface area contributed by atoms with Crippen molar-refractivity contribution < 1.29 is 0 Å². The summed E-state index contributed by atoms with van der Waals surface area (Å²) in [6.45, 7) is 0. The number of fused-ring (bicyclic) bond motifs is 1. The molecule has 3 aliphatic carbocycles. The smallest absolute Gasteiger partial charge is 0.0272 e. The van der Waals surface area contributed by atoms with Gasteiger partial charge in [0.2, 0.25) is 0 Å². The van der Waals surface area contributed by atoms with Crippen LogP contribution in [0.2, 0.25) is 0 Å². The Bertz CT molecular complexity index is 211. The van der Waals surface area contributed by atoms with Crippen LogP contribution < -0.4 is 11.3 Å². The van der Waals surface area contributed by atoms with E-state index in [2.05, 4.69) is 5.43 Å². The van der Waals surface area contributed by atoms with Gasteiger partial charge in [-0.05, 0) is 49.4 Å². The van der Waals surface area contributed by atoms with Crippen molar-refractivity contribution in [3.63, 3.8) is 0 Å². The van der Waals surface area contributed by atoms with E-state index in [0.29, 0.717) is 6.04 Å². The first-order valence-corrected chi connectivity index (χ1v) is 6.88. The van der Waals surface area contributed by atoms with E-state index in [1.54, 1.807) is 0 Å². The number of hydrogen-bond acceptors (Lipinski definition) is 2. The molecule has 3 N–H and O–H groups in total. The lowest BCUT2D eigenvalue weighted by atomic mass is 9.81. The molecule has 3 rings (SSSR count). The molecule has 86 valence electrons. The zero-order valence-electron chi connectivity index (χ0n) is 9.62. The van der Waals surface area contributed by atoms with E-state index in [1.807, 2.05) is 0 Å². The fourth-order valence-corrected chi connectivity index (χ4v) is 4.46. The van der Waals surface area contributed by atoms with Crippen LogP contribution in [0.15, 0.2) is 0 Å². The van der Waals surface area contributed by atoms with Crippen LogP contribution in [0.3, 0.4) is 0 Å². The summed E-state index contributed by atoms with van der Waals surface area (Å²) >= 11 is 0. The van der Waals surface area contributed by atoms with Crippen LogP contribution in [-0.2, 0) is 0 Å². The molecule has 0 heterocycles. The lowest BCUT2D eigenvalue weighted by Crippen LogP contribution is -2.44. The normalized spacial score (nSPS) is 42.6. The molecule has 0 radical (unpaired) electrons. The molecular formula is C13H24N2. The molecule has 0 aromatic heterocycles. The molecule has 3 saturated carbocycles. The highest BCUT2D eigenvalue weighted by Gasteiger charge is 2.56. The quantitative estimate of drug-likeness (QED) is 0.552. The number of nitrogens with two attached hydrogens (primary N) is 1. The van der Waals surface area contributed by atoms with Crippen molar-refractivity contribution in [2.75, 3.05) is 0 Å². The Morgan fingerprint density at radius 2 is 1.53 bits per heavy atom. The lowest BCUT2D eigenvalue weighted by Gasteiger charge is -2.31. The van der Waals surface area contributed by atoms with Gasteiger partial charge in [-0.3, -0.25) is 11.3 Å². The topological polar surface area (TPSA) is 38.0 Å². The van der Waals surface area contributed by atoms with Crippen LogP contribution >= 0.6 is 0 Å². The first kappa shape index (κ1) is 10.1. The van der Waals surface area contributed by atoms with Gasteiger partial charge in [-0.1, -0.05) is 25.7 Å². The minimum Gasteiger partial charge on any atom is -0.271 e. The molecule has 0 amide bonds. The molecule has 0 spiro atoms. The van der Waals surface area contributed by atoms with Crippen LogP contribution in [0.1, 0.15) is 51.4 Å². The molecule has 0 aromatic carbocycles. The highest BCUT2D eigenvalue weighted by Crippen LogP contribution is 2.60. The predicted molar refractivity (Wildman–Crippen MR) is 62.0 cm³/mol. The van der Waals surface area contributed by atoms with Crippen molar-refractivity contribution in [3.8, 4) is 0 Å². The SMILES string of the molecule is NNC(C1CCCCC1)C1C2CCCC21. The summed E-state index contributed by atoms with van der Waals surface area (Å²) in [5, 5.41) is 0. The maximum Gasteiger partial charge on any atom is 0.0272 e. The van der Waals surface area contributed by atoms with Gasteiger partial charge in [-0.2, -0.15) is 0 Å². The second-order valence-electron chi connectivity index (χ2n) is 5.93. The fourth-order valence-electron chi connectivity index (χ4n) is 4.46. The summed E-state index contributed by atoms with van der Waals surface area (Å²) in [5.41, 5.74) is 3.16. The molecular weight excluding hydrogens is 184 g/mol. The fraction of sp³-hybridized carbons (Fsp3) is 1.00. The van der Waals surface area contributed by atoms with Crippen molar-refractivity contribution in [3.05, 3.63) is 0 Å². The van der Waals surface area contributed by atoms with Gasteiger partial charge in [0, 0.05) is 6.04 Å². The van der Waals surface area contributed by atoms with E-state index in [0.717, 1.165) is 23.7 Å². The maximum atomic E-state index is 5.80. The van der Waals surface area contributed by atoms with Crippen LogP contribution in [0.25, 0.3) is 0 Å². The minimum atomic E-state index is 0.653. The molecule has 2 heteroatoms. The average Bonchev–Trinajstić information content (AvgIpc) is 2.76. The maximum absolute atomic E-state index is 5.80. The Morgan fingerprint density at radius 1 is 0.867 bits per heavy atom. The van der Waals surface area contributed by atoms with Crippen molar-refractivity contribution in [2.45, 2.75) is 57.4 Å². The molecule has 0 saturated heterocycles. The third kappa shape index (κ3) is 1.72. The molecule has 3 unspecified atom stereocenters. The van der Waals surface area contributed by atoms with Gasteiger partial charge in [0.15, 0.2) is 0 Å². The standard InChI is InChI=1S/C13H24N2/c14-15-13(9-5-2-1-3-6-9)12-10-7-4-8-11(10)12/h9-13,15H,1-8,14H2. The van der Waals surface area contributed by atoms with Crippen molar-refractivity contribution >= 4 is 0 Å². The van der Waals surface area contributed by atoms with Crippen molar-refractivity contribution in [1.29, 1.82) is 0 Å². The third-order valence-electron chi connectivity index (χ3n) is 5.24. The average molecular weight is 208 g/mol. The molecule has 3 fully saturated rings. The number of nitrogens with one attached hydrogen (secondary N) is 1. The Balaban J connectivity index is 1.61. The highest BCUT2D eigenvalue weighted by molar-refractivity contribution is 5.07. The Labute approximate surface area is 93.0 Å². The van der Waals surface area contributed by atoms with Gasteiger partial charge >= 0.3 is 0 Å². The first-order valence-electron chi connectivity index (χ1n) is 6.88. The van der Waals surface area contributed by atoms with Crippen LogP contribution in [0.4, 0.5) is 0 Å². The third-order valence-corrected chi connectivity index (χ3v) is 5.24. The summed E-state index contributed by atoms with van der Waals surface area (Å²) in [6.07, 6.45) is 11.6. The van der Waals surface area contributed by atoms with E-state index in [1.165, 1.54) is 51.4 Å². The van der Waals surface area contributed by atoms with Gasteiger partial charge in [0.1, 0.15) is 0 Å². The van der Waals surface area contributed by atoms with E-state index in [9.17, 15) is 0 Å². The zero-order chi connectivity index (χ0) is 10.3. The van der Waals surface area contributed by atoms with Gasteiger partial charge in [-0.25, -0.2) is 0 Å². The first-order chi connectivity index (χ1) is 7.42. The molecule has 0 aromatic rings. The monoisotopic (exact) mass is 208 g/mol. The Morgan fingerprint density at radius 3 is 2.13 bits per heavy atom. The number of hydrogen-bond donors (Lipinski definition) is 2. The number of hydrazine groups is 1. The summed E-state index contributed by atoms with van der Waals surface area (Å²) in [6, 6.07) is 0.653. The minimum absolute atomic E-state index is 0.653. The zero-order valence-corrected chi connectivity index (χ0v) is 9.62. The summed E-state index contributed by atoms with van der Waals surface area (Å²) in [4.78, 5) is 0. The largest absolute Gasteiger partial charge is 0.271 e. The summed E-state index contributed by atoms with van der Waals surface area (Å²) in [5.74, 6) is 9.73. The van der Waals surface area contributed by atoms with E-state index in [4.69, 9.17) is 5.84 Å². The molecule has 3 atom stereocenters. The molecule has 0 aliphatic heterocycles. The highest BCUT2D eigenvalue weighted by atomic mass is 15.2. The summed E-state index contributed by atoms with van der Waals surface area (Å²) < 4.78 is 0. The predicted octanol–water partition coefficient (Wildman–Crippen LogP) is 2.44. The van der Waals surface area contributed by atoms with E-state index >= 15 is 0 Å². The van der Waals surface area contributed by atoms with Gasteiger partial charge in [-0.15, -0.1) is 0 Å². The van der Waals surface area contributed by atoms with Gasteiger partial charge < -0.3 is 0 Å². The summed E-state index contributed by atoms with van der Waals surface area (Å²) in [7, 11) is 0. The molecule has 15 heavy (non-hydrogen) atoms. The van der Waals surface area contributed by atoms with E-state index < -0.39 is 0 Å². The van der Waals surface area contributed by atoms with Crippen molar-refractivity contribution in [1.82, 2.24) is 5.43 Å². The van der Waals surface area contributed by atoms with Crippen LogP contribution in [0.5, 0.6) is 0 Å². The van der Waals surface area contributed by atoms with Gasteiger partial charge in [0.25, 0.3) is 0 Å². The Kier molecular flexibility index (Phi) is 2.73. The molecule has 3 aliphatic rings. The second kappa shape index (κ2) is 4.06. The lowest BCUT2D eigenvalue weighted by molar-refractivity contribution is 0.232. The van der Waals surface area contributed by atoms with Crippen LogP contribution in [-0.4, -0.2) is 6.04 Å². The molecule has 2 nitrogen and oxygen atoms in total. The van der Waals surface area contributed by atoms with Crippen molar-refractivity contribution in [2.24, 2.45) is 29.5 Å². The second-order valence-corrected chi connectivity index (χ2v) is 5.93. The van der Waals surface area contributed by atoms with E-state index in [-0.39, 0.29) is 0 Å². The van der Waals surface area contributed by atoms with Gasteiger partial charge in [0.05, 0.1) is 0 Å². The van der Waals surface area contributed by atoms with Crippen LogP contribution in [0, 0.1) is 23.7 Å². The molecule has 0 bridgehead atoms. The number of rotatable bonds is 3.